The third-order valence-corrected chi connectivity index (χ3v) is 5.94. The Morgan fingerprint density at radius 1 is 1.14 bits per heavy atom. The molecule has 2 aliphatic heterocycles. The highest BCUT2D eigenvalue weighted by molar-refractivity contribution is 8.00. The molecule has 0 spiro atoms. The number of hydrogen-bond donors (Lipinski definition) is 1. The molecule has 1 fully saturated rings. The number of nitrogens with one attached hydrogen (secondary N) is 1. The van der Waals surface area contributed by atoms with Crippen LogP contribution in [0.15, 0.2) is 24.3 Å². The fraction of sp³-hybridized carbons (Fsp3) is 0.611. The van der Waals surface area contributed by atoms with Crippen LogP contribution in [0.25, 0.3) is 0 Å². The Morgan fingerprint density at radius 3 is 2.73 bits per heavy atom. The summed E-state index contributed by atoms with van der Waals surface area (Å²) in [5.41, 5.74) is 2.27. The summed E-state index contributed by atoms with van der Waals surface area (Å²) >= 11 is 1.84. The number of benzene rings is 1. The number of likely N-dealkylation sites (tertiary alicyclic amines) is 1. The molecule has 2 heterocycles. The minimum Gasteiger partial charge on any atom is -0.325 e. The van der Waals surface area contributed by atoms with Crippen LogP contribution in [-0.2, 0) is 11.2 Å². The maximum atomic E-state index is 12.4. The molecule has 3 nitrogen and oxygen atoms in total. The van der Waals surface area contributed by atoms with Crippen LogP contribution in [0.2, 0.25) is 0 Å². The average Bonchev–Trinajstić information content (AvgIpc) is 2.87. The Morgan fingerprint density at radius 2 is 1.91 bits per heavy atom. The van der Waals surface area contributed by atoms with E-state index in [4.69, 9.17) is 0 Å². The van der Waals surface area contributed by atoms with Gasteiger partial charge in [-0.3, -0.25) is 4.79 Å². The van der Waals surface area contributed by atoms with Crippen molar-refractivity contribution >= 4 is 23.4 Å². The van der Waals surface area contributed by atoms with Gasteiger partial charge in [0, 0.05) is 18.0 Å². The molecule has 0 saturated carbocycles. The number of nitrogens with zero attached hydrogens (tertiary/aromatic N) is 1. The van der Waals surface area contributed by atoms with Crippen LogP contribution < -0.4 is 5.32 Å². The molecule has 0 bridgehead atoms. The third-order valence-electron chi connectivity index (χ3n) is 4.67. The Balaban J connectivity index is 1.48. The van der Waals surface area contributed by atoms with Crippen molar-refractivity contribution in [3.05, 3.63) is 29.8 Å². The second-order valence-corrected chi connectivity index (χ2v) is 7.61. The average molecular weight is 318 g/mol. The van der Waals surface area contributed by atoms with E-state index < -0.39 is 0 Å². The summed E-state index contributed by atoms with van der Waals surface area (Å²) in [6.07, 6.45) is 7.39. The van der Waals surface area contributed by atoms with Gasteiger partial charge in [0.2, 0.25) is 5.91 Å². The van der Waals surface area contributed by atoms with E-state index in [0.29, 0.717) is 0 Å². The molecule has 4 heteroatoms. The van der Waals surface area contributed by atoms with Crippen LogP contribution in [0.1, 0.15) is 37.7 Å². The van der Waals surface area contributed by atoms with Crippen LogP contribution in [0.5, 0.6) is 0 Å². The topological polar surface area (TPSA) is 32.3 Å². The van der Waals surface area contributed by atoms with Gasteiger partial charge in [-0.25, -0.2) is 0 Å². The first-order valence-electron chi connectivity index (χ1n) is 8.56. The van der Waals surface area contributed by atoms with E-state index in [0.717, 1.165) is 30.8 Å². The van der Waals surface area contributed by atoms with Gasteiger partial charge in [0.1, 0.15) is 0 Å². The molecular formula is C18H26N2OS. The number of hydrogen-bond acceptors (Lipinski definition) is 3. The van der Waals surface area contributed by atoms with E-state index in [-0.39, 0.29) is 11.2 Å². The summed E-state index contributed by atoms with van der Waals surface area (Å²) in [6.45, 7) is 3.60. The standard InChI is InChI=1S/C18H26N2OS/c21-18-17(10-9-15-7-3-4-8-16(15)19-18)22-14-13-20-11-5-1-2-6-12-20/h3-4,7-8,17H,1-2,5-6,9-14H2,(H,19,21). The SMILES string of the molecule is O=C1Nc2ccccc2CCC1SCCN1CCCCCC1. The van der Waals surface area contributed by atoms with Crippen molar-refractivity contribution in [2.24, 2.45) is 0 Å². The van der Waals surface area contributed by atoms with Crippen LogP contribution in [0.3, 0.4) is 0 Å². The molecule has 1 aromatic rings. The molecule has 3 rings (SSSR count). The minimum atomic E-state index is 0.0966. The lowest BCUT2D eigenvalue weighted by Gasteiger charge is -2.20. The zero-order chi connectivity index (χ0) is 15.2. The normalized spacial score (nSPS) is 23.3. The zero-order valence-electron chi connectivity index (χ0n) is 13.2. The summed E-state index contributed by atoms with van der Waals surface area (Å²) in [6, 6.07) is 8.18. The maximum Gasteiger partial charge on any atom is 0.237 e. The van der Waals surface area contributed by atoms with Gasteiger partial charge in [0.05, 0.1) is 5.25 Å². The number of thioether (sulfide) groups is 1. The quantitative estimate of drug-likeness (QED) is 0.921. The van der Waals surface area contributed by atoms with Gasteiger partial charge in [-0.15, -0.1) is 11.8 Å². The zero-order valence-corrected chi connectivity index (χ0v) is 14.0. The predicted octanol–water partition coefficient (Wildman–Crippen LogP) is 3.55. The Bertz CT molecular complexity index is 498. The number of anilines is 1. The van der Waals surface area contributed by atoms with Gasteiger partial charge in [-0.1, -0.05) is 31.0 Å². The third kappa shape index (κ3) is 4.26. The minimum absolute atomic E-state index is 0.0966. The molecule has 1 aromatic carbocycles. The first-order valence-corrected chi connectivity index (χ1v) is 9.60. The fourth-order valence-corrected chi connectivity index (χ4v) is 4.48. The summed E-state index contributed by atoms with van der Waals surface area (Å²) in [5, 5.41) is 3.19. The number of para-hydroxylation sites is 1. The Labute approximate surface area is 137 Å². The molecule has 1 amide bonds. The summed E-state index contributed by atoms with van der Waals surface area (Å²) in [4.78, 5) is 14.9. The monoisotopic (exact) mass is 318 g/mol. The van der Waals surface area contributed by atoms with Crippen molar-refractivity contribution in [3.63, 3.8) is 0 Å². The molecular weight excluding hydrogens is 292 g/mol. The molecule has 0 aromatic heterocycles. The van der Waals surface area contributed by atoms with Crippen molar-refractivity contribution in [1.29, 1.82) is 0 Å². The smallest absolute Gasteiger partial charge is 0.237 e. The molecule has 1 atom stereocenters. The van der Waals surface area contributed by atoms with E-state index in [1.165, 1.54) is 44.3 Å². The fourth-order valence-electron chi connectivity index (χ4n) is 3.33. The molecule has 1 N–H and O–H groups in total. The van der Waals surface area contributed by atoms with Crippen molar-refractivity contribution in [2.75, 3.05) is 30.7 Å². The lowest BCUT2D eigenvalue weighted by Crippen LogP contribution is -2.29. The molecule has 2 aliphatic rings. The summed E-state index contributed by atoms with van der Waals surface area (Å²) in [5.74, 6) is 1.25. The lowest BCUT2D eigenvalue weighted by atomic mass is 10.1. The molecule has 0 radical (unpaired) electrons. The number of amides is 1. The van der Waals surface area contributed by atoms with E-state index in [2.05, 4.69) is 22.3 Å². The van der Waals surface area contributed by atoms with Crippen LogP contribution >= 0.6 is 11.8 Å². The van der Waals surface area contributed by atoms with Gasteiger partial charge in [0.25, 0.3) is 0 Å². The van der Waals surface area contributed by atoms with Crippen LogP contribution in [0, 0.1) is 0 Å². The highest BCUT2D eigenvalue weighted by Gasteiger charge is 2.23. The molecule has 120 valence electrons. The van der Waals surface area contributed by atoms with Crippen molar-refractivity contribution in [1.82, 2.24) is 4.90 Å². The number of rotatable bonds is 4. The molecule has 1 saturated heterocycles. The van der Waals surface area contributed by atoms with Crippen molar-refractivity contribution in [2.45, 2.75) is 43.8 Å². The number of aryl methyl sites for hydroxylation is 1. The van der Waals surface area contributed by atoms with E-state index in [9.17, 15) is 4.79 Å². The second kappa shape index (κ2) is 8.02. The van der Waals surface area contributed by atoms with Gasteiger partial charge in [0.15, 0.2) is 0 Å². The highest BCUT2D eigenvalue weighted by Crippen LogP contribution is 2.27. The first kappa shape index (κ1) is 15.9. The molecule has 1 unspecified atom stereocenters. The maximum absolute atomic E-state index is 12.4. The number of carbonyl (C=O) groups excluding carboxylic acids is 1. The highest BCUT2D eigenvalue weighted by atomic mass is 32.2. The van der Waals surface area contributed by atoms with Crippen molar-refractivity contribution in [3.8, 4) is 0 Å². The van der Waals surface area contributed by atoms with Gasteiger partial charge in [-0.05, 0) is 50.4 Å². The summed E-state index contributed by atoms with van der Waals surface area (Å²) < 4.78 is 0. The van der Waals surface area contributed by atoms with E-state index >= 15 is 0 Å². The van der Waals surface area contributed by atoms with E-state index in [1.54, 1.807) is 0 Å². The summed E-state index contributed by atoms with van der Waals surface area (Å²) in [7, 11) is 0. The number of fused-ring (bicyclic) bond motifs is 1. The Kier molecular flexibility index (Phi) is 5.79. The largest absolute Gasteiger partial charge is 0.325 e. The van der Waals surface area contributed by atoms with Gasteiger partial charge in [-0.2, -0.15) is 0 Å². The second-order valence-electron chi connectivity index (χ2n) is 6.30. The Hall–Kier alpha value is -1.00. The van der Waals surface area contributed by atoms with Crippen molar-refractivity contribution < 1.29 is 4.79 Å². The molecule has 22 heavy (non-hydrogen) atoms. The van der Waals surface area contributed by atoms with Gasteiger partial charge < -0.3 is 10.2 Å². The lowest BCUT2D eigenvalue weighted by molar-refractivity contribution is -0.115. The first-order chi connectivity index (χ1) is 10.8. The predicted molar refractivity (Wildman–Crippen MR) is 94.5 cm³/mol. The number of carbonyl (C=O) groups is 1. The van der Waals surface area contributed by atoms with E-state index in [1.807, 2.05) is 23.9 Å². The van der Waals surface area contributed by atoms with Crippen LogP contribution in [-0.4, -0.2) is 41.4 Å². The van der Waals surface area contributed by atoms with Gasteiger partial charge >= 0.3 is 0 Å². The molecule has 0 aliphatic carbocycles. The van der Waals surface area contributed by atoms with Crippen LogP contribution in [0.4, 0.5) is 5.69 Å².